The average molecular weight is 1160 g/mol. The molecule has 5 saturated heterocycles. The lowest BCUT2D eigenvalue weighted by molar-refractivity contribution is -0.328. The Bertz CT molecular complexity index is 3680. The van der Waals surface area contributed by atoms with Gasteiger partial charge in [0.1, 0.15) is 53.4 Å². The molecule has 22 unspecified atom stereocenters. The van der Waals surface area contributed by atoms with Gasteiger partial charge in [-0.25, -0.2) is 0 Å². The second-order valence-electron chi connectivity index (χ2n) is 33.1. The number of epoxide rings is 2. The SMILES string of the molecule is C=C1Cc2ccc3[nH]c4c(c3c2C2C1CC2C(C)(C)O)CC1CCC2C35OC3C(O)C(C(=C)C)OC5CC[C@]2(C)[C@@]41C.C=C1Cc2ccc3[nH]c4c5c3c2C2(O)C(CC12)OC5C1CCC2C35OC3C3OC(C)(C)C3OC5CCC2(C)[C@@]41C.CCC. The molecular weight excluding hydrogens is 1060 g/mol. The highest BCUT2D eigenvalue weighted by atomic mass is 16.7. The van der Waals surface area contributed by atoms with Crippen LogP contribution in [0.15, 0.2) is 60.7 Å². The van der Waals surface area contributed by atoms with Gasteiger partial charge in [-0.2, -0.15) is 0 Å². The van der Waals surface area contributed by atoms with Crippen LogP contribution in [0.3, 0.4) is 0 Å². The van der Waals surface area contributed by atoms with E-state index in [1.54, 1.807) is 5.56 Å². The summed E-state index contributed by atoms with van der Waals surface area (Å²) in [5.41, 5.74) is 14.4. The van der Waals surface area contributed by atoms with E-state index >= 15 is 0 Å². The minimum Gasteiger partial charge on any atom is -0.390 e. The predicted octanol–water partition coefficient (Wildman–Crippen LogP) is 12.8. The molecule has 454 valence electrons. The van der Waals surface area contributed by atoms with E-state index in [4.69, 9.17) is 28.4 Å². The maximum absolute atomic E-state index is 12.3. The van der Waals surface area contributed by atoms with E-state index in [9.17, 15) is 15.3 Å². The van der Waals surface area contributed by atoms with Gasteiger partial charge in [0.2, 0.25) is 0 Å². The maximum atomic E-state index is 12.3. The summed E-state index contributed by atoms with van der Waals surface area (Å²) in [6, 6.07) is 9.13. The Kier molecular flexibility index (Phi) is 10.5. The molecule has 11 nitrogen and oxygen atoms in total. The van der Waals surface area contributed by atoms with E-state index in [2.05, 4.69) is 109 Å². The molecule has 5 N–H and O–H groups in total. The molecule has 0 bridgehead atoms. The molecule has 11 heteroatoms. The summed E-state index contributed by atoms with van der Waals surface area (Å²) in [7, 11) is 0. The van der Waals surface area contributed by atoms with Crippen molar-refractivity contribution < 1.29 is 43.7 Å². The third-order valence-corrected chi connectivity index (χ3v) is 29.0. The van der Waals surface area contributed by atoms with Crippen LogP contribution in [0.4, 0.5) is 0 Å². The van der Waals surface area contributed by atoms with Crippen LogP contribution < -0.4 is 0 Å². The number of aromatic amines is 2. The summed E-state index contributed by atoms with van der Waals surface area (Å²) < 4.78 is 40.4. The number of aliphatic hydroxyl groups is 3. The van der Waals surface area contributed by atoms with Gasteiger partial charge in [-0.3, -0.25) is 0 Å². The van der Waals surface area contributed by atoms with Crippen LogP contribution in [0.2, 0.25) is 0 Å². The molecule has 4 aromatic rings. The number of aliphatic hydroxyl groups excluding tert-OH is 1. The predicted molar refractivity (Wildman–Crippen MR) is 326 cm³/mol. The fraction of sp³-hybridized carbons (Fsp3) is 0.703. The van der Waals surface area contributed by atoms with E-state index < -0.39 is 17.3 Å². The Balaban J connectivity index is 0.000000123. The molecule has 16 aliphatic rings. The van der Waals surface area contributed by atoms with Crippen LogP contribution in [-0.4, -0.2) is 103 Å². The zero-order valence-corrected chi connectivity index (χ0v) is 52.5. The number of ether oxygens (including phenoxy) is 6. The fourth-order valence-corrected chi connectivity index (χ4v) is 24.7. The number of rotatable bonds is 2. The molecule has 6 aliphatic heterocycles. The number of H-pyrrole nitrogens is 2. The zero-order chi connectivity index (χ0) is 58.9. The van der Waals surface area contributed by atoms with Gasteiger partial charge in [0.25, 0.3) is 0 Å². The lowest BCUT2D eigenvalue weighted by Gasteiger charge is -2.64. The molecule has 20 rings (SSSR count). The molecule has 2 aromatic heterocycles. The monoisotopic (exact) mass is 1150 g/mol. The Morgan fingerprint density at radius 2 is 1.34 bits per heavy atom. The second-order valence-corrected chi connectivity index (χ2v) is 33.1. The first-order chi connectivity index (χ1) is 40.3. The molecule has 2 aromatic carbocycles. The van der Waals surface area contributed by atoms with E-state index in [1.807, 2.05) is 20.8 Å². The molecule has 0 radical (unpaired) electrons. The summed E-state index contributed by atoms with van der Waals surface area (Å²) in [4.78, 5) is 8.05. The average Bonchev–Trinajstić information content (AvgIpc) is 1.49. The summed E-state index contributed by atoms with van der Waals surface area (Å²) >= 11 is 0. The van der Waals surface area contributed by atoms with E-state index in [-0.39, 0.29) is 105 Å². The molecule has 2 spiro atoms. The molecule has 10 aliphatic carbocycles. The van der Waals surface area contributed by atoms with Gasteiger partial charge in [0, 0.05) is 61.4 Å². The molecule has 6 saturated carbocycles. The number of hydrogen-bond donors (Lipinski definition) is 5. The van der Waals surface area contributed by atoms with Crippen LogP contribution in [0.1, 0.15) is 204 Å². The van der Waals surface area contributed by atoms with Crippen molar-refractivity contribution in [3.63, 3.8) is 0 Å². The third-order valence-electron chi connectivity index (χ3n) is 29.0. The van der Waals surface area contributed by atoms with Gasteiger partial charge in [-0.05, 0) is 210 Å². The normalized spacial score (nSPS) is 50.6. The smallest absolute Gasteiger partial charge is 0.127 e. The largest absolute Gasteiger partial charge is 0.390 e. The first-order valence-corrected chi connectivity index (χ1v) is 33.8. The Hall–Kier alpha value is -3.62. The van der Waals surface area contributed by atoms with Crippen LogP contribution in [0.25, 0.3) is 21.8 Å². The summed E-state index contributed by atoms with van der Waals surface area (Å²) in [6.07, 6.45) is 14.2. The first kappa shape index (κ1) is 54.3. The maximum Gasteiger partial charge on any atom is 0.127 e. The summed E-state index contributed by atoms with van der Waals surface area (Å²) in [5, 5.41) is 37.5. The number of allylic oxidation sites excluding steroid dienone is 1. The Morgan fingerprint density at radius 1 is 0.706 bits per heavy atom. The lowest BCUT2D eigenvalue weighted by atomic mass is 9.42. The second kappa shape index (κ2) is 16.5. The lowest BCUT2D eigenvalue weighted by Crippen LogP contribution is -2.73. The van der Waals surface area contributed by atoms with Gasteiger partial charge >= 0.3 is 0 Å². The highest BCUT2D eigenvalue weighted by Gasteiger charge is 2.84. The Labute approximate surface area is 502 Å². The van der Waals surface area contributed by atoms with Crippen molar-refractivity contribution in [2.45, 2.75) is 272 Å². The third kappa shape index (κ3) is 5.98. The molecule has 11 fully saturated rings. The van der Waals surface area contributed by atoms with Crippen molar-refractivity contribution in [1.29, 1.82) is 0 Å². The molecular formula is C74H94N2O9. The van der Waals surface area contributed by atoms with Crippen molar-refractivity contribution in [3.8, 4) is 0 Å². The topological polar surface area (TPSA) is 154 Å². The Morgan fingerprint density at radius 3 is 2.05 bits per heavy atom. The molecule has 25 atom stereocenters. The van der Waals surface area contributed by atoms with E-state index in [1.165, 1.54) is 68.3 Å². The number of hydrogen-bond acceptors (Lipinski definition) is 9. The summed E-state index contributed by atoms with van der Waals surface area (Å²) in [5.74, 6) is 2.92. The zero-order valence-electron chi connectivity index (χ0n) is 52.5. The number of nitrogens with one attached hydrogen (secondary N) is 2. The van der Waals surface area contributed by atoms with Gasteiger partial charge < -0.3 is 53.7 Å². The number of fused-ring (bicyclic) bond motifs is 18. The van der Waals surface area contributed by atoms with Crippen molar-refractivity contribution in [2.75, 3.05) is 0 Å². The minimum atomic E-state index is -0.944. The highest BCUT2D eigenvalue weighted by molar-refractivity contribution is 5.94. The number of aromatic nitrogens is 2. The summed E-state index contributed by atoms with van der Waals surface area (Å²) in [6.45, 7) is 37.7. The van der Waals surface area contributed by atoms with Gasteiger partial charge in [-0.1, -0.05) is 91.0 Å². The molecule has 0 amide bonds. The minimum absolute atomic E-state index is 0.00351. The van der Waals surface area contributed by atoms with Crippen molar-refractivity contribution in [3.05, 3.63) is 105 Å². The fourth-order valence-electron chi connectivity index (χ4n) is 24.7. The van der Waals surface area contributed by atoms with Crippen molar-refractivity contribution in [1.82, 2.24) is 9.97 Å². The van der Waals surface area contributed by atoms with Crippen LogP contribution in [0, 0.1) is 52.3 Å². The van der Waals surface area contributed by atoms with E-state index in [0.717, 1.165) is 99.3 Å². The highest BCUT2D eigenvalue weighted by Crippen LogP contribution is 2.79. The quantitative estimate of drug-likeness (QED) is 0.0975. The standard InChI is InChI=1S/C37H47NO4.C34H39NO5.C3H8/c1-17(2)31-30(39)33-37(42-33)25-11-9-20-15-22-29-24(38-32(22)36(20,7)35(25,6)13-12-26(37)41-31)10-8-19-14-18(3)21-16-23(34(4,5)40)28(21)27(19)29;1-14-12-15-6-8-18-22-23-25(37-21-13-17(14)33(21,36)24(15)22)16-7-9-19-31(4,32(16,5)27(23)35-18)11-10-20-34(19)29(40-34)26-28(38-20)30(2,3)39-26;1-3-2/h8,10,20-21,23,25-26,28,30-31,33,38-40H,1,3,9,11-16H2,2,4-7H3;6,8,16-17,19-21,25-26,28-29,35-36H,1,7,9-13H2,2-5H3;3H2,1-2H3/t20?,21?,23?,25?,26?,28?,30?,31?,33?,35-,36+,37?;16?,17?,19?,20?,21?,25?,26?,28?,29?,31?,32-,33?,34?;/m01./s1. The van der Waals surface area contributed by atoms with Crippen LogP contribution in [-0.2, 0) is 64.1 Å². The van der Waals surface area contributed by atoms with Gasteiger partial charge in [-0.15, -0.1) is 0 Å². The van der Waals surface area contributed by atoms with E-state index in [0.29, 0.717) is 35.5 Å². The van der Waals surface area contributed by atoms with Crippen LogP contribution >= 0.6 is 0 Å². The van der Waals surface area contributed by atoms with Crippen molar-refractivity contribution >= 4 is 21.8 Å². The van der Waals surface area contributed by atoms with Crippen molar-refractivity contribution in [2.24, 2.45) is 52.3 Å². The number of benzene rings is 2. The van der Waals surface area contributed by atoms with Gasteiger partial charge in [0.15, 0.2) is 0 Å². The molecule has 85 heavy (non-hydrogen) atoms. The molecule has 8 heterocycles. The first-order valence-electron chi connectivity index (χ1n) is 33.8. The van der Waals surface area contributed by atoms with Gasteiger partial charge in [0.05, 0.1) is 35.6 Å². The van der Waals surface area contributed by atoms with Crippen LogP contribution in [0.5, 0.6) is 0 Å².